The van der Waals surface area contributed by atoms with Gasteiger partial charge in [-0.2, -0.15) is 0 Å². The first-order valence-electron chi connectivity index (χ1n) is 7.26. The van der Waals surface area contributed by atoms with Crippen molar-refractivity contribution in [2.24, 2.45) is 0 Å². The molecule has 0 aliphatic rings. The molecule has 0 saturated carbocycles. The van der Waals surface area contributed by atoms with E-state index in [4.69, 9.17) is 9.47 Å². The Kier molecular flexibility index (Phi) is 10.9. The Morgan fingerprint density at radius 2 is 1.83 bits per heavy atom. The maximum absolute atomic E-state index is 12.2. The highest BCUT2D eigenvalue weighted by molar-refractivity contribution is 5.81. The van der Waals surface area contributed by atoms with Gasteiger partial charge in [-0.1, -0.05) is 12.2 Å². The van der Waals surface area contributed by atoms with Crippen LogP contribution in [0, 0.1) is 0 Å². The minimum absolute atomic E-state index is 0.00359. The summed E-state index contributed by atoms with van der Waals surface area (Å²) >= 11 is 0. The van der Waals surface area contributed by atoms with E-state index < -0.39 is 24.3 Å². The second kappa shape index (κ2) is 11.8. The molecule has 0 aliphatic heterocycles. The van der Waals surface area contributed by atoms with Gasteiger partial charge in [-0.25, -0.2) is 0 Å². The Morgan fingerprint density at radius 3 is 2.26 bits per heavy atom. The molecule has 1 N–H and O–H groups in total. The van der Waals surface area contributed by atoms with Gasteiger partial charge in [-0.3, -0.25) is 9.59 Å². The number of rotatable bonds is 12. The monoisotopic (exact) mass is 329 g/mol. The van der Waals surface area contributed by atoms with Gasteiger partial charge in [0.25, 0.3) is 0 Å². The van der Waals surface area contributed by atoms with Crippen molar-refractivity contribution in [3.05, 3.63) is 25.3 Å². The third-order valence-corrected chi connectivity index (χ3v) is 3.39. The Morgan fingerprint density at radius 1 is 1.17 bits per heavy atom. The lowest BCUT2D eigenvalue weighted by molar-refractivity contribution is -0.144. The molecular formula is C16H27NO6. The Labute approximate surface area is 137 Å². The van der Waals surface area contributed by atoms with E-state index in [1.165, 1.54) is 32.3 Å². The molecule has 23 heavy (non-hydrogen) atoms. The second-order valence-electron chi connectivity index (χ2n) is 4.86. The van der Waals surface area contributed by atoms with E-state index in [0.29, 0.717) is 6.54 Å². The van der Waals surface area contributed by atoms with Crippen molar-refractivity contribution in [3.63, 3.8) is 0 Å². The third kappa shape index (κ3) is 7.40. The quantitative estimate of drug-likeness (QED) is 0.415. The molecule has 1 amide bonds. The number of carbonyl (C=O) groups excluding carboxylic acids is 2. The standard InChI is InChI=1S/C16H27NO6/c1-6-10-17(14(19)8-9-15(20)22-4)11-13(21-3)16(23-5)12(18)7-2/h6-7,12-13,16,18H,1-2,8-11H2,3-5H3/t12-,13+,16+/m1/s1. The Bertz CT molecular complexity index is 398. The first kappa shape index (κ1) is 21.3. The van der Waals surface area contributed by atoms with Crippen LogP contribution < -0.4 is 0 Å². The molecule has 0 saturated heterocycles. The summed E-state index contributed by atoms with van der Waals surface area (Å²) in [5, 5.41) is 9.90. The highest BCUT2D eigenvalue weighted by Gasteiger charge is 2.29. The van der Waals surface area contributed by atoms with Gasteiger partial charge in [0.2, 0.25) is 5.91 Å². The van der Waals surface area contributed by atoms with Gasteiger partial charge in [-0.05, 0) is 0 Å². The van der Waals surface area contributed by atoms with Crippen molar-refractivity contribution in [3.8, 4) is 0 Å². The van der Waals surface area contributed by atoms with Crippen LogP contribution in [0.2, 0.25) is 0 Å². The Balaban J connectivity index is 4.92. The molecule has 132 valence electrons. The summed E-state index contributed by atoms with van der Waals surface area (Å²) in [5.74, 6) is -0.683. The van der Waals surface area contributed by atoms with E-state index in [1.807, 2.05) is 0 Å². The lowest BCUT2D eigenvalue weighted by Crippen LogP contribution is -2.48. The summed E-state index contributed by atoms with van der Waals surface area (Å²) in [6.07, 6.45) is 0.794. The molecule has 0 rings (SSSR count). The molecule has 7 heteroatoms. The molecule has 0 heterocycles. The summed E-state index contributed by atoms with van der Waals surface area (Å²) < 4.78 is 15.1. The summed E-state index contributed by atoms with van der Waals surface area (Å²) in [5.41, 5.74) is 0. The number of hydrogen-bond acceptors (Lipinski definition) is 6. The lowest BCUT2D eigenvalue weighted by atomic mass is 10.1. The van der Waals surface area contributed by atoms with Crippen LogP contribution in [0.25, 0.3) is 0 Å². The van der Waals surface area contributed by atoms with Crippen LogP contribution >= 0.6 is 0 Å². The van der Waals surface area contributed by atoms with E-state index >= 15 is 0 Å². The van der Waals surface area contributed by atoms with Crippen molar-refractivity contribution in [2.75, 3.05) is 34.4 Å². The van der Waals surface area contributed by atoms with Crippen molar-refractivity contribution >= 4 is 11.9 Å². The summed E-state index contributed by atoms with van der Waals surface area (Å²) in [6.45, 7) is 7.62. The number of hydrogen-bond donors (Lipinski definition) is 1. The maximum atomic E-state index is 12.2. The number of amides is 1. The van der Waals surface area contributed by atoms with Crippen LogP contribution in [0.5, 0.6) is 0 Å². The molecule has 0 spiro atoms. The summed E-state index contributed by atoms with van der Waals surface area (Å²) in [7, 11) is 4.19. The number of aliphatic hydroxyl groups is 1. The fraction of sp³-hybridized carbons (Fsp3) is 0.625. The van der Waals surface area contributed by atoms with Gasteiger partial charge in [0, 0.05) is 33.7 Å². The average Bonchev–Trinajstić information content (AvgIpc) is 2.57. The number of esters is 1. The number of methoxy groups -OCH3 is 3. The normalized spacial score (nSPS) is 14.4. The zero-order valence-corrected chi connectivity index (χ0v) is 14.1. The lowest BCUT2D eigenvalue weighted by Gasteiger charge is -2.32. The van der Waals surface area contributed by atoms with E-state index in [9.17, 15) is 14.7 Å². The van der Waals surface area contributed by atoms with Crippen LogP contribution in [0.1, 0.15) is 12.8 Å². The topological polar surface area (TPSA) is 85.3 Å². The van der Waals surface area contributed by atoms with Gasteiger partial charge >= 0.3 is 5.97 Å². The van der Waals surface area contributed by atoms with Crippen molar-refractivity contribution in [2.45, 2.75) is 31.2 Å². The van der Waals surface area contributed by atoms with Crippen LogP contribution in [-0.4, -0.2) is 74.6 Å². The van der Waals surface area contributed by atoms with Crippen LogP contribution in [0.15, 0.2) is 25.3 Å². The first-order chi connectivity index (χ1) is 10.9. The molecule has 0 radical (unpaired) electrons. The molecule has 0 unspecified atom stereocenters. The first-order valence-corrected chi connectivity index (χ1v) is 7.26. The van der Waals surface area contributed by atoms with Gasteiger partial charge in [0.15, 0.2) is 0 Å². The largest absolute Gasteiger partial charge is 0.469 e. The van der Waals surface area contributed by atoms with Crippen molar-refractivity contribution < 1.29 is 28.9 Å². The molecule has 0 bridgehead atoms. The second-order valence-corrected chi connectivity index (χ2v) is 4.86. The average molecular weight is 329 g/mol. The maximum Gasteiger partial charge on any atom is 0.306 e. The predicted octanol–water partition coefficient (Wildman–Crippen LogP) is 0.531. The van der Waals surface area contributed by atoms with Gasteiger partial charge in [0.05, 0.1) is 13.5 Å². The van der Waals surface area contributed by atoms with Crippen LogP contribution in [0.4, 0.5) is 0 Å². The minimum atomic E-state index is -0.930. The molecule has 0 fully saturated rings. The highest BCUT2D eigenvalue weighted by atomic mass is 16.5. The molecule has 0 aromatic rings. The SMILES string of the molecule is C=CCN(C[C@H](OC)[C@@H](OC)[C@H](O)C=C)C(=O)CCC(=O)OC. The molecule has 7 nitrogen and oxygen atoms in total. The number of carbonyl (C=O) groups is 2. The van der Waals surface area contributed by atoms with E-state index in [1.54, 1.807) is 6.08 Å². The molecular weight excluding hydrogens is 302 g/mol. The van der Waals surface area contributed by atoms with Gasteiger partial charge in [0.1, 0.15) is 18.3 Å². The molecule has 0 aromatic carbocycles. The zero-order valence-electron chi connectivity index (χ0n) is 14.1. The number of nitrogens with zero attached hydrogens (tertiary/aromatic N) is 1. The number of aliphatic hydroxyl groups excluding tert-OH is 1. The molecule has 0 aromatic heterocycles. The highest BCUT2D eigenvalue weighted by Crippen LogP contribution is 2.12. The predicted molar refractivity (Wildman–Crippen MR) is 85.8 cm³/mol. The van der Waals surface area contributed by atoms with Crippen LogP contribution in [-0.2, 0) is 23.8 Å². The fourth-order valence-electron chi connectivity index (χ4n) is 2.08. The van der Waals surface area contributed by atoms with Gasteiger partial charge in [-0.15, -0.1) is 13.2 Å². The minimum Gasteiger partial charge on any atom is -0.469 e. The van der Waals surface area contributed by atoms with E-state index in [-0.39, 0.29) is 25.3 Å². The zero-order chi connectivity index (χ0) is 17.8. The smallest absolute Gasteiger partial charge is 0.306 e. The van der Waals surface area contributed by atoms with E-state index in [2.05, 4.69) is 17.9 Å². The molecule has 0 aliphatic carbocycles. The third-order valence-electron chi connectivity index (χ3n) is 3.39. The van der Waals surface area contributed by atoms with Crippen molar-refractivity contribution in [1.29, 1.82) is 0 Å². The summed E-state index contributed by atoms with van der Waals surface area (Å²) in [4.78, 5) is 24.9. The summed E-state index contributed by atoms with van der Waals surface area (Å²) in [6, 6.07) is 0. The van der Waals surface area contributed by atoms with Crippen LogP contribution in [0.3, 0.4) is 0 Å². The number of ether oxygens (including phenoxy) is 3. The Hall–Kier alpha value is -1.70. The van der Waals surface area contributed by atoms with Crippen molar-refractivity contribution in [1.82, 2.24) is 4.90 Å². The van der Waals surface area contributed by atoms with Gasteiger partial charge < -0.3 is 24.2 Å². The fourth-order valence-corrected chi connectivity index (χ4v) is 2.08. The molecule has 3 atom stereocenters. The van der Waals surface area contributed by atoms with E-state index in [0.717, 1.165) is 0 Å².